The molecule has 2 N–H and O–H groups in total. The molecule has 2 atom stereocenters. The van der Waals surface area contributed by atoms with E-state index in [0.717, 1.165) is 44.8 Å². The Balaban J connectivity index is 0.913. The van der Waals surface area contributed by atoms with Crippen molar-refractivity contribution in [3.63, 3.8) is 0 Å². The predicted octanol–water partition coefficient (Wildman–Crippen LogP) is 9.15. The second kappa shape index (κ2) is 18.3. The van der Waals surface area contributed by atoms with Crippen LogP contribution in [0.1, 0.15) is 60.8 Å². The summed E-state index contributed by atoms with van der Waals surface area (Å²) in [6.07, 6.45) is 3.91. The van der Waals surface area contributed by atoms with Gasteiger partial charge in [-0.25, -0.2) is 8.78 Å². The summed E-state index contributed by atoms with van der Waals surface area (Å²) in [5.74, 6) is -1.26. The number of benzene rings is 4. The first-order valence-electron chi connectivity index (χ1n) is 18.1. The number of hydrogen-bond acceptors (Lipinski definition) is 7. The van der Waals surface area contributed by atoms with Gasteiger partial charge in [0.25, 0.3) is 0 Å². The van der Waals surface area contributed by atoms with Crippen LogP contribution in [-0.4, -0.2) is 31.4 Å². The summed E-state index contributed by atoms with van der Waals surface area (Å²) in [4.78, 5) is 25.8. The number of carbonyl (C=O) groups is 2. The summed E-state index contributed by atoms with van der Waals surface area (Å²) < 4.78 is 53.8. The zero-order valence-corrected chi connectivity index (χ0v) is 32.5. The molecule has 14 heteroatoms. The summed E-state index contributed by atoms with van der Waals surface area (Å²) in [6, 6.07) is 26.5. The molecular formula is C42H43F2N6O5P. The maximum atomic E-state index is 13.5. The van der Waals surface area contributed by atoms with Crippen LogP contribution >= 0.6 is 8.25 Å². The zero-order valence-electron chi connectivity index (χ0n) is 31.5. The van der Waals surface area contributed by atoms with Crippen LogP contribution in [0.2, 0.25) is 0 Å². The van der Waals surface area contributed by atoms with Gasteiger partial charge in [0.2, 0.25) is 11.8 Å². The number of amides is 2. The monoisotopic (exact) mass is 780 g/mol. The van der Waals surface area contributed by atoms with E-state index in [1.807, 2.05) is 27.9 Å². The highest BCUT2D eigenvalue weighted by Crippen LogP contribution is 2.33. The molecule has 2 unspecified atom stereocenters. The van der Waals surface area contributed by atoms with Crippen LogP contribution in [0.25, 0.3) is 22.5 Å². The van der Waals surface area contributed by atoms with Crippen LogP contribution in [0.4, 0.5) is 20.2 Å². The number of hydrogen-bond donors (Lipinski definition) is 2. The summed E-state index contributed by atoms with van der Waals surface area (Å²) in [6.45, 7) is 4.02. The smallest absolute Gasteiger partial charge is 0.319 e. The molecule has 0 fully saturated rings. The average molecular weight is 781 g/mol. The highest BCUT2D eigenvalue weighted by atomic mass is 31.1. The van der Waals surface area contributed by atoms with Crippen LogP contribution in [0.3, 0.4) is 0 Å². The first-order valence-corrected chi connectivity index (χ1v) is 19.3. The number of nitrogens with zero attached hydrogens (tertiary/aromatic N) is 4. The zero-order chi connectivity index (χ0) is 39.8. The van der Waals surface area contributed by atoms with Gasteiger partial charge in [-0.1, -0.05) is 38.1 Å². The Bertz CT molecular complexity index is 2130. The maximum absolute atomic E-state index is 13.5. The third-order valence-corrected chi connectivity index (χ3v) is 10.2. The van der Waals surface area contributed by atoms with Crippen LogP contribution < -0.4 is 10.6 Å². The molecule has 0 radical (unpaired) electrons. The predicted molar refractivity (Wildman–Crippen MR) is 212 cm³/mol. The van der Waals surface area contributed by atoms with Gasteiger partial charge in [0, 0.05) is 60.6 Å². The van der Waals surface area contributed by atoms with Crippen molar-refractivity contribution in [2.24, 2.45) is 14.1 Å². The Kier molecular flexibility index (Phi) is 13.0. The molecule has 0 aliphatic heterocycles. The summed E-state index contributed by atoms with van der Waals surface area (Å²) in [7, 11) is 0.819. The minimum atomic E-state index is -2.81. The van der Waals surface area contributed by atoms with Gasteiger partial charge in [0.15, 0.2) is 0 Å². The fourth-order valence-corrected chi connectivity index (χ4v) is 7.10. The molecular weight excluding hydrogens is 737 g/mol. The molecule has 0 bridgehead atoms. The number of carbonyl (C=O) groups excluding carboxylic acids is 2. The molecule has 0 saturated carbocycles. The second-order valence-electron chi connectivity index (χ2n) is 13.7. The van der Waals surface area contributed by atoms with Crippen molar-refractivity contribution in [1.82, 2.24) is 19.6 Å². The first-order chi connectivity index (χ1) is 26.9. The number of halogens is 2. The number of aryl methyl sites for hydroxylation is 2. The second-order valence-corrected chi connectivity index (χ2v) is 14.8. The van der Waals surface area contributed by atoms with Gasteiger partial charge >= 0.3 is 8.25 Å². The molecule has 11 nitrogen and oxygen atoms in total. The van der Waals surface area contributed by atoms with Gasteiger partial charge in [-0.05, 0) is 95.8 Å². The molecule has 2 heterocycles. The van der Waals surface area contributed by atoms with Crippen molar-refractivity contribution in [3.05, 3.63) is 143 Å². The minimum absolute atomic E-state index is 0.0596. The summed E-state index contributed by atoms with van der Waals surface area (Å²) >= 11 is 0. The van der Waals surface area contributed by atoms with E-state index in [0.29, 0.717) is 11.4 Å². The number of aromatic nitrogens is 4. The summed E-state index contributed by atoms with van der Waals surface area (Å²) in [5.41, 5.74) is 7.82. The van der Waals surface area contributed by atoms with Gasteiger partial charge in [-0.2, -0.15) is 10.2 Å². The van der Waals surface area contributed by atoms with Crippen molar-refractivity contribution in [3.8, 4) is 22.5 Å². The Labute approximate surface area is 324 Å². The van der Waals surface area contributed by atoms with Crippen LogP contribution in [-0.2, 0) is 50.5 Å². The molecule has 4 aromatic carbocycles. The molecule has 56 heavy (non-hydrogen) atoms. The fourth-order valence-electron chi connectivity index (χ4n) is 6.45. The Morgan fingerprint density at radius 3 is 1.34 bits per heavy atom. The van der Waals surface area contributed by atoms with Gasteiger partial charge in [0.05, 0.1) is 37.0 Å². The number of anilines is 2. The Morgan fingerprint density at radius 1 is 0.625 bits per heavy atom. The lowest BCUT2D eigenvalue weighted by Gasteiger charge is -2.14. The van der Waals surface area contributed by atoms with Gasteiger partial charge in [-0.15, -0.1) is 0 Å². The molecule has 6 rings (SSSR count). The third-order valence-electron chi connectivity index (χ3n) is 9.40. The Morgan fingerprint density at radius 2 is 0.982 bits per heavy atom. The van der Waals surface area contributed by atoms with Crippen molar-refractivity contribution in [2.75, 3.05) is 10.6 Å². The molecule has 6 aromatic rings. The molecule has 2 aromatic heterocycles. The largest absolute Gasteiger partial charge is 0.326 e. The van der Waals surface area contributed by atoms with Crippen LogP contribution in [0.5, 0.6) is 0 Å². The minimum Gasteiger partial charge on any atom is -0.326 e. The quantitative estimate of drug-likeness (QED) is 0.0938. The molecule has 0 aliphatic rings. The molecule has 0 aliphatic carbocycles. The van der Waals surface area contributed by atoms with Gasteiger partial charge in [-0.3, -0.25) is 23.5 Å². The number of nitrogens with one attached hydrogen (secondary N) is 2. The Hall–Kier alpha value is -5.75. The van der Waals surface area contributed by atoms with E-state index in [-0.39, 0.29) is 61.3 Å². The van der Waals surface area contributed by atoms with E-state index in [2.05, 4.69) is 20.8 Å². The first kappa shape index (κ1) is 39.9. The van der Waals surface area contributed by atoms with Crippen LogP contribution in [0.15, 0.2) is 109 Å². The standard InChI is InChI=1S/C42H43F2N6O5P/c1-27(37-23-45-49(3)41(37)31-9-13-33(43)14-10-31)21-39(51)47-35-17-5-29(6-18-35)25-54-56(53)55-26-30-7-19-36(20-8-30)48-40(52)22-28(2)38-24-46-50(4)42(38)32-11-15-34(44)16-12-32/h5-20,23-24,27-28,56H,21-22,25-26H2,1-4H3,(H,47,51)(H,48,52). The highest BCUT2D eigenvalue weighted by Gasteiger charge is 2.21. The van der Waals surface area contributed by atoms with Gasteiger partial charge in [0.1, 0.15) is 11.6 Å². The van der Waals surface area contributed by atoms with E-state index in [1.54, 1.807) is 94.6 Å². The van der Waals surface area contributed by atoms with E-state index in [4.69, 9.17) is 9.05 Å². The topological polar surface area (TPSA) is 129 Å². The van der Waals surface area contributed by atoms with Crippen molar-refractivity contribution < 1.29 is 32.0 Å². The molecule has 0 saturated heterocycles. The maximum Gasteiger partial charge on any atom is 0.319 e. The van der Waals surface area contributed by atoms with E-state index in [1.165, 1.54) is 24.3 Å². The van der Waals surface area contributed by atoms with E-state index >= 15 is 0 Å². The SMILES string of the molecule is CC(CC(=O)Nc1ccc(CO[PH](=O)OCc2ccc(NC(=O)CC(C)c3cnn(C)c3-c3ccc(F)cc3)cc2)cc1)c1cnn(C)c1-c1ccc(F)cc1. The highest BCUT2D eigenvalue weighted by molar-refractivity contribution is 7.33. The van der Waals surface area contributed by atoms with Crippen LogP contribution in [0, 0.1) is 11.6 Å². The van der Waals surface area contributed by atoms with Gasteiger partial charge < -0.3 is 19.7 Å². The molecule has 2 amide bonds. The summed E-state index contributed by atoms with van der Waals surface area (Å²) in [5, 5.41) is 14.5. The fraction of sp³-hybridized carbons (Fsp3) is 0.238. The lowest BCUT2D eigenvalue weighted by molar-refractivity contribution is -0.117. The van der Waals surface area contributed by atoms with E-state index in [9.17, 15) is 22.9 Å². The third kappa shape index (κ3) is 10.3. The average Bonchev–Trinajstić information content (AvgIpc) is 3.77. The molecule has 290 valence electrons. The normalized spacial score (nSPS) is 12.9. The lowest BCUT2D eigenvalue weighted by Crippen LogP contribution is -2.14. The van der Waals surface area contributed by atoms with Crippen molar-refractivity contribution in [1.29, 1.82) is 0 Å². The van der Waals surface area contributed by atoms with Crippen molar-refractivity contribution in [2.45, 2.75) is 51.7 Å². The van der Waals surface area contributed by atoms with Crippen molar-refractivity contribution >= 4 is 31.4 Å². The number of rotatable bonds is 16. The molecule has 0 spiro atoms. The van der Waals surface area contributed by atoms with E-state index < -0.39 is 8.25 Å². The lowest BCUT2D eigenvalue weighted by atomic mass is 9.95.